The van der Waals surface area contributed by atoms with Crippen molar-refractivity contribution in [2.24, 2.45) is 0 Å². The second kappa shape index (κ2) is 12.4. The van der Waals surface area contributed by atoms with Crippen LogP contribution in [-0.4, -0.2) is 4.57 Å². The summed E-state index contributed by atoms with van der Waals surface area (Å²) in [5.74, 6) is 0. The SMILES string of the molecule is c1ccc(-n2c3ccccc3c3ccc(N(c4ccc5oc6ccccc6c5c4)c4ccc5c6c(cccc46)C4(c6ccccc6-c6ccccc64)c4ccccc4-5)cc32)cc1. The van der Waals surface area contributed by atoms with Crippen molar-refractivity contribution in [3.63, 3.8) is 0 Å². The van der Waals surface area contributed by atoms with Gasteiger partial charge in [-0.25, -0.2) is 0 Å². The number of hydrogen-bond acceptors (Lipinski definition) is 2. The zero-order valence-electron chi connectivity index (χ0n) is 33.6. The molecular formula is C59H36N2O. The molecule has 0 radical (unpaired) electrons. The molecule has 0 atom stereocenters. The van der Waals surface area contributed by atoms with Crippen LogP contribution >= 0.6 is 0 Å². The number of rotatable bonds is 4. The van der Waals surface area contributed by atoms with Crippen LogP contribution < -0.4 is 4.90 Å². The van der Waals surface area contributed by atoms with Gasteiger partial charge in [-0.1, -0.05) is 158 Å². The van der Waals surface area contributed by atoms with Crippen molar-refractivity contribution in [3.8, 4) is 27.9 Å². The minimum absolute atomic E-state index is 0.482. The molecule has 10 aromatic carbocycles. The van der Waals surface area contributed by atoms with Crippen LogP contribution in [0.5, 0.6) is 0 Å². The van der Waals surface area contributed by atoms with Crippen molar-refractivity contribution in [1.82, 2.24) is 4.57 Å². The molecule has 3 nitrogen and oxygen atoms in total. The number of para-hydroxylation sites is 3. The molecule has 0 saturated carbocycles. The normalized spacial score (nSPS) is 13.3. The molecule has 2 aromatic heterocycles. The Labute approximate surface area is 358 Å². The third-order valence-electron chi connectivity index (χ3n) is 13.8. The number of benzene rings is 10. The standard InChI is InChI=1S/C59H36N2O/c1-2-15-37(16-3-1)61-53-27-12-7-20-43(53)44-31-29-39(36-55(44)61)60(38-30-34-57-48(35-38)45-21-8-13-28-56(45)62-57)54-33-32-46-42-19-6-11-25-51(42)59(52-26-14-22-47(54)58(46)52)49-23-9-4-17-40(49)41-18-5-10-24-50(41)59/h1-36H. The summed E-state index contributed by atoms with van der Waals surface area (Å²) >= 11 is 0. The summed E-state index contributed by atoms with van der Waals surface area (Å²) in [6.45, 7) is 0. The summed E-state index contributed by atoms with van der Waals surface area (Å²) in [6, 6.07) is 80.5. The average Bonchev–Trinajstić information content (AvgIpc) is 3.98. The Balaban J connectivity index is 1.09. The molecule has 0 fully saturated rings. The minimum atomic E-state index is -0.482. The predicted molar refractivity (Wildman–Crippen MR) is 257 cm³/mol. The summed E-state index contributed by atoms with van der Waals surface area (Å²) in [4.78, 5) is 2.47. The lowest BCUT2D eigenvalue weighted by Gasteiger charge is -2.40. The van der Waals surface area contributed by atoms with E-state index < -0.39 is 5.41 Å². The van der Waals surface area contributed by atoms with Crippen molar-refractivity contribution in [2.75, 3.05) is 4.90 Å². The number of aromatic nitrogens is 1. The molecule has 0 bridgehead atoms. The maximum atomic E-state index is 6.40. The molecule has 1 spiro atoms. The van der Waals surface area contributed by atoms with E-state index in [0.717, 1.165) is 50.2 Å². The Bertz CT molecular complexity index is 3790. The topological polar surface area (TPSA) is 21.3 Å². The van der Waals surface area contributed by atoms with E-state index in [-0.39, 0.29) is 0 Å². The van der Waals surface area contributed by atoms with Crippen LogP contribution in [0.15, 0.2) is 223 Å². The molecule has 0 aliphatic heterocycles. The number of anilines is 3. The van der Waals surface area contributed by atoms with E-state index in [1.54, 1.807) is 0 Å². The molecule has 14 rings (SSSR count). The molecule has 0 saturated heterocycles. The average molecular weight is 789 g/mol. The summed E-state index contributed by atoms with van der Waals surface area (Å²) in [5, 5.41) is 7.15. The zero-order valence-corrected chi connectivity index (χ0v) is 33.6. The van der Waals surface area contributed by atoms with E-state index in [1.807, 2.05) is 6.07 Å². The fraction of sp³-hybridized carbons (Fsp3) is 0.0169. The summed E-state index contributed by atoms with van der Waals surface area (Å²) in [7, 11) is 0. The summed E-state index contributed by atoms with van der Waals surface area (Å²) < 4.78 is 8.81. The van der Waals surface area contributed by atoms with Gasteiger partial charge in [0.05, 0.1) is 22.1 Å². The second-order valence-corrected chi connectivity index (χ2v) is 16.8. The maximum Gasteiger partial charge on any atom is 0.135 e. The number of nitrogens with zero attached hydrogens (tertiary/aromatic N) is 2. The molecule has 2 heterocycles. The fourth-order valence-electron chi connectivity index (χ4n) is 11.4. The van der Waals surface area contributed by atoms with Crippen molar-refractivity contribution in [1.29, 1.82) is 0 Å². The van der Waals surface area contributed by atoms with Gasteiger partial charge >= 0.3 is 0 Å². The lowest BCUT2D eigenvalue weighted by atomic mass is 9.61. The van der Waals surface area contributed by atoms with Crippen molar-refractivity contribution in [2.45, 2.75) is 5.41 Å². The van der Waals surface area contributed by atoms with Crippen LogP contribution in [0, 0.1) is 0 Å². The number of hydrogen-bond donors (Lipinski definition) is 0. The van der Waals surface area contributed by atoms with Crippen LogP contribution in [0.1, 0.15) is 22.3 Å². The quantitative estimate of drug-likeness (QED) is 0.177. The molecular weight excluding hydrogens is 753 g/mol. The van der Waals surface area contributed by atoms with Gasteiger partial charge < -0.3 is 13.9 Å². The van der Waals surface area contributed by atoms with Gasteiger partial charge in [0.1, 0.15) is 11.2 Å². The zero-order chi connectivity index (χ0) is 40.5. The first-order valence-electron chi connectivity index (χ1n) is 21.4. The smallest absolute Gasteiger partial charge is 0.135 e. The van der Waals surface area contributed by atoms with Gasteiger partial charge in [0.2, 0.25) is 0 Å². The van der Waals surface area contributed by atoms with Gasteiger partial charge in [0.15, 0.2) is 0 Å². The highest BCUT2D eigenvalue weighted by Crippen LogP contribution is 2.62. The number of fused-ring (bicyclic) bond motifs is 15. The Morgan fingerprint density at radius 1 is 0.355 bits per heavy atom. The molecule has 0 N–H and O–H groups in total. The Morgan fingerprint density at radius 2 is 0.919 bits per heavy atom. The first-order valence-corrected chi connectivity index (χ1v) is 21.4. The largest absolute Gasteiger partial charge is 0.456 e. The third kappa shape index (κ3) is 4.34. The van der Waals surface area contributed by atoms with E-state index in [9.17, 15) is 0 Å². The highest BCUT2D eigenvalue weighted by molar-refractivity contribution is 6.15. The fourth-order valence-corrected chi connectivity index (χ4v) is 11.4. The van der Waals surface area contributed by atoms with Crippen molar-refractivity contribution < 1.29 is 4.42 Å². The Kier molecular flexibility index (Phi) is 6.76. The molecule has 62 heavy (non-hydrogen) atoms. The van der Waals surface area contributed by atoms with Gasteiger partial charge in [-0.15, -0.1) is 0 Å². The lowest BCUT2D eigenvalue weighted by Crippen LogP contribution is -2.31. The lowest BCUT2D eigenvalue weighted by molar-refractivity contribution is 0.669. The van der Waals surface area contributed by atoms with Gasteiger partial charge in [0.25, 0.3) is 0 Å². The van der Waals surface area contributed by atoms with Crippen LogP contribution in [0.3, 0.4) is 0 Å². The van der Waals surface area contributed by atoms with Crippen LogP contribution in [0.25, 0.3) is 82.5 Å². The van der Waals surface area contributed by atoms with Gasteiger partial charge in [0, 0.05) is 44.0 Å². The van der Waals surface area contributed by atoms with Crippen LogP contribution in [0.2, 0.25) is 0 Å². The van der Waals surface area contributed by atoms with Crippen LogP contribution in [0.4, 0.5) is 17.1 Å². The second-order valence-electron chi connectivity index (χ2n) is 16.8. The highest BCUT2D eigenvalue weighted by atomic mass is 16.3. The number of furan rings is 1. The molecule has 0 amide bonds. The van der Waals surface area contributed by atoms with Gasteiger partial charge in [-0.2, -0.15) is 0 Å². The van der Waals surface area contributed by atoms with Crippen LogP contribution in [-0.2, 0) is 5.41 Å². The molecule has 2 aliphatic carbocycles. The van der Waals surface area contributed by atoms with E-state index in [2.05, 4.69) is 222 Å². The van der Waals surface area contributed by atoms with Gasteiger partial charge in [-0.05, 0) is 111 Å². The predicted octanol–water partition coefficient (Wildman–Crippen LogP) is 15.6. The summed E-state index contributed by atoms with van der Waals surface area (Å²) in [6.07, 6.45) is 0. The van der Waals surface area contributed by atoms with E-state index in [4.69, 9.17) is 4.42 Å². The molecule has 12 aromatic rings. The monoisotopic (exact) mass is 788 g/mol. The maximum absolute atomic E-state index is 6.40. The van der Waals surface area contributed by atoms with Crippen molar-refractivity contribution in [3.05, 3.63) is 241 Å². The summed E-state index contributed by atoms with van der Waals surface area (Å²) in [5.41, 5.74) is 18.5. The Morgan fingerprint density at radius 3 is 1.69 bits per heavy atom. The third-order valence-corrected chi connectivity index (χ3v) is 13.8. The first kappa shape index (κ1) is 33.7. The first-order chi connectivity index (χ1) is 30.8. The molecule has 2 aliphatic rings. The van der Waals surface area contributed by atoms with Gasteiger partial charge in [-0.3, -0.25) is 0 Å². The minimum Gasteiger partial charge on any atom is -0.456 e. The van der Waals surface area contributed by atoms with E-state index in [1.165, 1.54) is 71.6 Å². The molecule has 3 heteroatoms. The van der Waals surface area contributed by atoms with Crippen molar-refractivity contribution >= 4 is 71.6 Å². The molecule has 0 unspecified atom stereocenters. The highest BCUT2D eigenvalue weighted by Gasteiger charge is 2.50. The van der Waals surface area contributed by atoms with E-state index in [0.29, 0.717) is 0 Å². The molecule has 288 valence electrons. The van der Waals surface area contributed by atoms with E-state index >= 15 is 0 Å². The Hall–Kier alpha value is -8.14.